The Morgan fingerprint density at radius 1 is 1.46 bits per heavy atom. The van der Waals surface area contributed by atoms with Crippen LogP contribution in [0, 0.1) is 6.92 Å². The summed E-state index contributed by atoms with van der Waals surface area (Å²) in [5.74, 6) is 0.862. The van der Waals surface area contributed by atoms with Crippen molar-refractivity contribution >= 4 is 0 Å². The van der Waals surface area contributed by atoms with Crippen LogP contribution in [0.5, 0.6) is 5.75 Å². The lowest BCUT2D eigenvalue weighted by molar-refractivity contribution is 0.194. The molecule has 1 aromatic carbocycles. The number of aryl methyl sites for hydroxylation is 1. The monoisotopic (exact) mass is 180 g/mol. The van der Waals surface area contributed by atoms with Crippen molar-refractivity contribution < 1.29 is 9.84 Å². The van der Waals surface area contributed by atoms with Gasteiger partial charge < -0.3 is 9.84 Å². The quantitative estimate of drug-likeness (QED) is 0.770. The van der Waals surface area contributed by atoms with E-state index >= 15 is 0 Å². The lowest BCUT2D eigenvalue weighted by Gasteiger charge is -2.10. The topological polar surface area (TPSA) is 29.5 Å². The number of aliphatic hydroxyl groups is 1. The Hall–Kier alpha value is -1.02. The molecular weight excluding hydrogens is 164 g/mol. The summed E-state index contributed by atoms with van der Waals surface area (Å²) in [7, 11) is 1.65. The number of hydrogen-bond donors (Lipinski definition) is 1. The highest BCUT2D eigenvalue weighted by Gasteiger charge is 2.05. The smallest absolute Gasteiger partial charge is 0.122 e. The molecule has 0 amide bonds. The molecule has 72 valence electrons. The first-order valence-corrected chi connectivity index (χ1v) is 4.45. The molecule has 0 aliphatic rings. The van der Waals surface area contributed by atoms with Gasteiger partial charge in [0, 0.05) is 6.42 Å². The minimum absolute atomic E-state index is 0.323. The minimum Gasteiger partial charge on any atom is -0.496 e. The Morgan fingerprint density at radius 2 is 2.15 bits per heavy atom. The van der Waals surface area contributed by atoms with Crippen molar-refractivity contribution in [3.8, 4) is 5.75 Å². The molecule has 2 heteroatoms. The molecular formula is C11H16O2. The number of benzene rings is 1. The average Bonchev–Trinajstić information content (AvgIpc) is 2.07. The Bertz CT molecular complexity index is 279. The fourth-order valence-electron chi connectivity index (χ4n) is 1.34. The Balaban J connectivity index is 2.92. The molecule has 0 spiro atoms. The third-order valence-electron chi connectivity index (χ3n) is 1.96. The number of ether oxygens (including phenoxy) is 1. The normalized spacial score (nSPS) is 12.6. The van der Waals surface area contributed by atoms with Crippen LogP contribution in [0.15, 0.2) is 18.2 Å². The molecule has 0 fully saturated rings. The average molecular weight is 180 g/mol. The second kappa shape index (κ2) is 4.28. The third kappa shape index (κ3) is 2.74. The van der Waals surface area contributed by atoms with Crippen LogP contribution in [-0.4, -0.2) is 18.3 Å². The molecule has 0 aromatic heterocycles. The summed E-state index contributed by atoms with van der Waals surface area (Å²) in [5, 5.41) is 9.24. The van der Waals surface area contributed by atoms with Crippen LogP contribution in [0.25, 0.3) is 0 Å². The largest absolute Gasteiger partial charge is 0.496 e. The van der Waals surface area contributed by atoms with Crippen LogP contribution in [0.3, 0.4) is 0 Å². The Morgan fingerprint density at radius 3 is 2.69 bits per heavy atom. The van der Waals surface area contributed by atoms with Gasteiger partial charge in [-0.15, -0.1) is 0 Å². The summed E-state index contributed by atoms with van der Waals surface area (Å²) in [4.78, 5) is 0. The molecule has 0 aliphatic carbocycles. The van der Waals surface area contributed by atoms with Crippen LogP contribution in [-0.2, 0) is 6.42 Å². The Labute approximate surface area is 79.2 Å². The van der Waals surface area contributed by atoms with Crippen LogP contribution in [0.2, 0.25) is 0 Å². The summed E-state index contributed by atoms with van der Waals surface area (Å²) in [6.07, 6.45) is 0.320. The van der Waals surface area contributed by atoms with Crippen molar-refractivity contribution in [2.75, 3.05) is 7.11 Å². The predicted octanol–water partition coefficient (Wildman–Crippen LogP) is 1.93. The predicted molar refractivity (Wildman–Crippen MR) is 53.1 cm³/mol. The van der Waals surface area contributed by atoms with E-state index in [1.807, 2.05) is 25.1 Å². The van der Waals surface area contributed by atoms with Crippen LogP contribution >= 0.6 is 0 Å². The van der Waals surface area contributed by atoms with Gasteiger partial charge in [0.2, 0.25) is 0 Å². The van der Waals surface area contributed by atoms with Crippen molar-refractivity contribution in [3.63, 3.8) is 0 Å². The van der Waals surface area contributed by atoms with E-state index < -0.39 is 0 Å². The number of rotatable bonds is 3. The van der Waals surface area contributed by atoms with Gasteiger partial charge in [-0.25, -0.2) is 0 Å². The molecule has 2 nitrogen and oxygen atoms in total. The fraction of sp³-hybridized carbons (Fsp3) is 0.455. The zero-order valence-electron chi connectivity index (χ0n) is 8.37. The molecule has 0 heterocycles. The lowest BCUT2D eigenvalue weighted by Crippen LogP contribution is -2.05. The van der Waals surface area contributed by atoms with Gasteiger partial charge in [0.1, 0.15) is 5.75 Å². The van der Waals surface area contributed by atoms with Crippen molar-refractivity contribution in [1.82, 2.24) is 0 Å². The van der Waals surface area contributed by atoms with Crippen molar-refractivity contribution in [2.24, 2.45) is 0 Å². The molecule has 0 saturated heterocycles. The van der Waals surface area contributed by atoms with E-state index in [1.165, 1.54) is 5.56 Å². The van der Waals surface area contributed by atoms with Gasteiger partial charge in [0.05, 0.1) is 13.2 Å². The maximum atomic E-state index is 9.24. The maximum Gasteiger partial charge on any atom is 0.122 e. The molecule has 1 N–H and O–H groups in total. The van der Waals surface area contributed by atoms with E-state index in [1.54, 1.807) is 14.0 Å². The molecule has 0 radical (unpaired) electrons. The van der Waals surface area contributed by atoms with Gasteiger partial charge >= 0.3 is 0 Å². The van der Waals surface area contributed by atoms with E-state index in [4.69, 9.17) is 4.74 Å². The molecule has 1 atom stereocenters. The summed E-state index contributed by atoms with van der Waals surface area (Å²) >= 11 is 0. The van der Waals surface area contributed by atoms with Crippen LogP contribution < -0.4 is 4.74 Å². The van der Waals surface area contributed by atoms with Gasteiger partial charge in [-0.2, -0.15) is 0 Å². The van der Waals surface area contributed by atoms with Crippen LogP contribution in [0.4, 0.5) is 0 Å². The highest BCUT2D eigenvalue weighted by atomic mass is 16.5. The molecule has 1 unspecified atom stereocenters. The van der Waals surface area contributed by atoms with Gasteiger partial charge in [-0.3, -0.25) is 0 Å². The summed E-state index contributed by atoms with van der Waals surface area (Å²) < 4.78 is 5.22. The summed E-state index contributed by atoms with van der Waals surface area (Å²) in [5.41, 5.74) is 2.23. The highest BCUT2D eigenvalue weighted by Crippen LogP contribution is 2.21. The first kappa shape index (κ1) is 10.1. The second-order valence-electron chi connectivity index (χ2n) is 3.37. The third-order valence-corrected chi connectivity index (χ3v) is 1.96. The van der Waals surface area contributed by atoms with Crippen molar-refractivity contribution in [3.05, 3.63) is 29.3 Å². The molecule has 0 aliphatic heterocycles. The summed E-state index contributed by atoms with van der Waals surface area (Å²) in [6, 6.07) is 6.01. The van der Waals surface area contributed by atoms with Gasteiger partial charge in [0.15, 0.2) is 0 Å². The molecule has 0 bridgehead atoms. The summed E-state index contributed by atoms with van der Waals surface area (Å²) in [6.45, 7) is 3.80. The molecule has 13 heavy (non-hydrogen) atoms. The lowest BCUT2D eigenvalue weighted by atomic mass is 10.1. The van der Waals surface area contributed by atoms with Gasteiger partial charge in [-0.05, 0) is 31.0 Å². The first-order chi connectivity index (χ1) is 6.13. The van der Waals surface area contributed by atoms with Gasteiger partial charge in [0.25, 0.3) is 0 Å². The molecule has 0 saturated carbocycles. The van der Waals surface area contributed by atoms with E-state index in [0.29, 0.717) is 6.42 Å². The maximum absolute atomic E-state index is 9.24. The fourth-order valence-corrected chi connectivity index (χ4v) is 1.34. The number of methoxy groups -OCH3 is 1. The molecule has 1 aromatic rings. The number of hydrogen-bond acceptors (Lipinski definition) is 2. The zero-order chi connectivity index (χ0) is 9.84. The molecule has 1 rings (SSSR count). The van der Waals surface area contributed by atoms with Gasteiger partial charge in [-0.1, -0.05) is 12.1 Å². The second-order valence-corrected chi connectivity index (χ2v) is 3.37. The Kier molecular flexibility index (Phi) is 3.32. The van der Waals surface area contributed by atoms with Crippen LogP contribution in [0.1, 0.15) is 18.1 Å². The minimum atomic E-state index is -0.323. The first-order valence-electron chi connectivity index (χ1n) is 4.45. The standard InChI is InChI=1S/C11H16O2/c1-8-4-5-10(7-9(2)12)11(6-8)13-3/h4-6,9,12H,7H2,1-3H3. The van der Waals surface area contributed by atoms with E-state index in [9.17, 15) is 5.11 Å². The highest BCUT2D eigenvalue weighted by molar-refractivity contribution is 5.37. The van der Waals surface area contributed by atoms with Crippen molar-refractivity contribution in [1.29, 1.82) is 0 Å². The van der Waals surface area contributed by atoms with E-state index in [2.05, 4.69) is 0 Å². The SMILES string of the molecule is COc1cc(C)ccc1CC(C)O. The number of aliphatic hydroxyl groups excluding tert-OH is 1. The zero-order valence-corrected chi connectivity index (χ0v) is 8.37. The van der Waals surface area contributed by atoms with E-state index in [0.717, 1.165) is 11.3 Å². The van der Waals surface area contributed by atoms with Crippen molar-refractivity contribution in [2.45, 2.75) is 26.4 Å². The van der Waals surface area contributed by atoms with E-state index in [-0.39, 0.29) is 6.10 Å².